The number of rotatable bonds is 7. The lowest BCUT2D eigenvalue weighted by Crippen LogP contribution is -2.32. The topological polar surface area (TPSA) is 102 Å². The Balaban J connectivity index is 1.63. The molecule has 4 aromatic carbocycles. The van der Waals surface area contributed by atoms with Gasteiger partial charge in [-0.1, -0.05) is 42.5 Å². The molecule has 9 heteroatoms. The van der Waals surface area contributed by atoms with Gasteiger partial charge in [0.1, 0.15) is 11.5 Å². The molecule has 0 fully saturated rings. The predicted molar refractivity (Wildman–Crippen MR) is 136 cm³/mol. The molecule has 0 spiro atoms. The highest BCUT2D eigenvalue weighted by atomic mass is 79.9. The maximum absolute atomic E-state index is 13.1. The molecule has 0 aliphatic rings. The van der Waals surface area contributed by atoms with Crippen LogP contribution >= 0.6 is 15.9 Å². The normalized spacial score (nSPS) is 11.0. The maximum Gasteiger partial charge on any atom is 0.323 e. The van der Waals surface area contributed by atoms with E-state index in [9.17, 15) is 13.2 Å². The molecule has 4 aromatic rings. The first-order valence-corrected chi connectivity index (χ1v) is 12.4. The molecule has 0 unspecified atom stereocenters. The summed E-state index contributed by atoms with van der Waals surface area (Å²) in [5.41, 5.74) is 6.63. The first-order valence-electron chi connectivity index (χ1n) is 10.1. The number of benzene rings is 4. The Kier molecular flexibility index (Phi) is 6.85. The summed E-state index contributed by atoms with van der Waals surface area (Å²) >= 11 is 3.42. The van der Waals surface area contributed by atoms with E-state index in [0.29, 0.717) is 21.7 Å². The zero-order valence-corrected chi connectivity index (χ0v) is 20.2. The molecule has 0 atom stereocenters. The molecule has 3 N–H and O–H groups in total. The average molecular weight is 538 g/mol. The summed E-state index contributed by atoms with van der Waals surface area (Å²) in [5.74, 6) is 1.14. The minimum atomic E-state index is -3.97. The van der Waals surface area contributed by atoms with E-state index in [1.54, 1.807) is 72.8 Å². The van der Waals surface area contributed by atoms with Gasteiger partial charge in [0, 0.05) is 4.47 Å². The van der Waals surface area contributed by atoms with Crippen molar-refractivity contribution < 1.29 is 17.9 Å². The highest BCUT2D eigenvalue weighted by molar-refractivity contribution is 9.10. The minimum absolute atomic E-state index is 0.0363. The second-order valence-corrected chi connectivity index (χ2v) is 9.67. The van der Waals surface area contributed by atoms with E-state index in [1.807, 2.05) is 18.2 Å². The summed E-state index contributed by atoms with van der Waals surface area (Å²) < 4.78 is 35.2. The Morgan fingerprint density at radius 3 is 1.97 bits per heavy atom. The van der Waals surface area contributed by atoms with Gasteiger partial charge in [0.05, 0.1) is 22.0 Å². The second kappa shape index (κ2) is 9.98. The first-order chi connectivity index (χ1) is 16.3. The molecule has 0 bridgehead atoms. The minimum Gasteiger partial charge on any atom is -0.457 e. The summed E-state index contributed by atoms with van der Waals surface area (Å²) in [5, 5.41) is 0. The van der Waals surface area contributed by atoms with Crippen molar-refractivity contribution in [3.05, 3.63) is 108 Å². The monoisotopic (exact) mass is 537 g/mol. The van der Waals surface area contributed by atoms with E-state index in [-0.39, 0.29) is 16.3 Å². The summed E-state index contributed by atoms with van der Waals surface area (Å²) in [6.45, 7) is 0. The van der Waals surface area contributed by atoms with Crippen molar-refractivity contribution in [1.29, 1.82) is 0 Å². The molecule has 0 heterocycles. The third kappa shape index (κ3) is 5.22. The molecular weight excluding hydrogens is 518 g/mol. The van der Waals surface area contributed by atoms with Crippen LogP contribution in [0.1, 0.15) is 0 Å². The van der Waals surface area contributed by atoms with Crippen molar-refractivity contribution in [3.63, 3.8) is 0 Å². The van der Waals surface area contributed by atoms with Crippen molar-refractivity contribution >= 4 is 49.0 Å². The Morgan fingerprint density at radius 2 is 1.32 bits per heavy atom. The van der Waals surface area contributed by atoms with Gasteiger partial charge >= 0.3 is 6.03 Å². The van der Waals surface area contributed by atoms with Crippen molar-refractivity contribution in [2.24, 2.45) is 5.73 Å². The van der Waals surface area contributed by atoms with Crippen LogP contribution in [0, 0.1) is 0 Å². The summed E-state index contributed by atoms with van der Waals surface area (Å²) in [7, 11) is -3.97. The number of halogens is 1. The van der Waals surface area contributed by atoms with Crippen molar-refractivity contribution in [3.8, 4) is 11.5 Å². The van der Waals surface area contributed by atoms with Crippen LogP contribution in [-0.4, -0.2) is 14.4 Å². The third-order valence-corrected chi connectivity index (χ3v) is 6.87. The van der Waals surface area contributed by atoms with Gasteiger partial charge in [-0.2, -0.15) is 0 Å². The number of nitrogens with zero attached hydrogens (tertiary/aromatic N) is 1. The lowest BCUT2D eigenvalue weighted by molar-refractivity contribution is 0.256. The second-order valence-electron chi connectivity index (χ2n) is 7.13. The Morgan fingerprint density at radius 1 is 0.765 bits per heavy atom. The van der Waals surface area contributed by atoms with E-state index >= 15 is 0 Å². The van der Waals surface area contributed by atoms with Crippen LogP contribution in [-0.2, 0) is 10.0 Å². The summed E-state index contributed by atoms with van der Waals surface area (Å²) in [6, 6.07) is 28.0. The van der Waals surface area contributed by atoms with Crippen LogP contribution in [0.2, 0.25) is 0 Å². The number of urea groups is 1. The molecule has 0 aliphatic heterocycles. The molecule has 0 saturated carbocycles. The number of ether oxygens (including phenoxy) is 1. The van der Waals surface area contributed by atoms with Gasteiger partial charge in [-0.25, -0.2) is 13.2 Å². The number of sulfonamides is 1. The van der Waals surface area contributed by atoms with E-state index in [4.69, 9.17) is 10.5 Å². The van der Waals surface area contributed by atoms with E-state index < -0.39 is 16.1 Å². The number of nitrogens with two attached hydrogens (primary N) is 1. The predicted octanol–water partition coefficient (Wildman–Crippen LogP) is 6.26. The highest BCUT2D eigenvalue weighted by Gasteiger charge is 2.23. The van der Waals surface area contributed by atoms with E-state index in [1.165, 1.54) is 17.0 Å². The van der Waals surface area contributed by atoms with Gasteiger partial charge in [-0.15, -0.1) is 0 Å². The van der Waals surface area contributed by atoms with Gasteiger partial charge in [0.2, 0.25) is 0 Å². The van der Waals surface area contributed by atoms with Crippen LogP contribution in [0.15, 0.2) is 112 Å². The number of anilines is 3. The quantitative estimate of drug-likeness (QED) is 0.290. The zero-order chi connectivity index (χ0) is 24.1. The van der Waals surface area contributed by atoms with Gasteiger partial charge in [0.15, 0.2) is 0 Å². The lowest BCUT2D eigenvalue weighted by atomic mass is 10.2. The number of nitrogens with one attached hydrogen (secondary N) is 1. The molecule has 7 nitrogen and oxygen atoms in total. The fourth-order valence-electron chi connectivity index (χ4n) is 3.27. The average Bonchev–Trinajstić information content (AvgIpc) is 2.82. The molecule has 2 amide bonds. The number of hydrogen-bond acceptors (Lipinski definition) is 4. The molecular formula is C25H20BrN3O4S. The largest absolute Gasteiger partial charge is 0.457 e. The highest BCUT2D eigenvalue weighted by Crippen LogP contribution is 2.37. The number of para-hydroxylation sites is 4. The van der Waals surface area contributed by atoms with Crippen LogP contribution < -0.4 is 20.1 Å². The van der Waals surface area contributed by atoms with Crippen LogP contribution in [0.25, 0.3) is 0 Å². The summed E-state index contributed by atoms with van der Waals surface area (Å²) in [6.07, 6.45) is 0. The number of amides is 2. The number of carbonyl (C=O) groups excluding carboxylic acids is 1. The molecule has 0 saturated heterocycles. The Hall–Kier alpha value is -3.82. The molecule has 0 aromatic heterocycles. The van der Waals surface area contributed by atoms with Gasteiger partial charge < -0.3 is 10.5 Å². The number of carbonyl (C=O) groups is 1. The Bertz CT molecular complexity index is 1410. The Labute approximate surface area is 206 Å². The summed E-state index contributed by atoms with van der Waals surface area (Å²) in [4.78, 5) is 13.6. The zero-order valence-electron chi connectivity index (χ0n) is 17.8. The van der Waals surface area contributed by atoms with Gasteiger partial charge in [-0.3, -0.25) is 9.62 Å². The maximum atomic E-state index is 13.1. The molecule has 34 heavy (non-hydrogen) atoms. The number of primary amides is 1. The standard InChI is InChI=1S/C25H20BrN3O4S/c26-21-10-4-6-12-23(21)29(25(27)30)24-13-7-5-11-22(24)28-34(31,32)20-16-14-19(15-17-20)33-18-8-2-1-3-9-18/h1-17,28H,(H2,27,30). The first kappa shape index (κ1) is 23.3. The van der Waals surface area contributed by atoms with Crippen molar-refractivity contribution in [1.82, 2.24) is 0 Å². The van der Waals surface area contributed by atoms with Gasteiger partial charge in [-0.05, 0) is 76.6 Å². The van der Waals surface area contributed by atoms with Gasteiger partial charge in [0.25, 0.3) is 10.0 Å². The SMILES string of the molecule is NC(=O)N(c1ccccc1Br)c1ccccc1NS(=O)(=O)c1ccc(Oc2ccccc2)cc1. The smallest absolute Gasteiger partial charge is 0.323 e. The third-order valence-electron chi connectivity index (χ3n) is 4.82. The van der Waals surface area contributed by atoms with E-state index in [0.717, 1.165) is 0 Å². The number of hydrogen-bond donors (Lipinski definition) is 2. The van der Waals surface area contributed by atoms with Crippen LogP contribution in [0.3, 0.4) is 0 Å². The van der Waals surface area contributed by atoms with Crippen molar-refractivity contribution in [2.45, 2.75) is 4.90 Å². The fourth-order valence-corrected chi connectivity index (χ4v) is 4.81. The lowest BCUT2D eigenvalue weighted by Gasteiger charge is -2.24. The van der Waals surface area contributed by atoms with Crippen LogP contribution in [0.4, 0.5) is 21.9 Å². The van der Waals surface area contributed by atoms with Crippen molar-refractivity contribution in [2.75, 3.05) is 9.62 Å². The molecule has 172 valence electrons. The molecule has 0 radical (unpaired) electrons. The molecule has 0 aliphatic carbocycles. The van der Waals surface area contributed by atoms with E-state index in [2.05, 4.69) is 20.7 Å². The molecule has 4 rings (SSSR count). The fraction of sp³-hybridized carbons (Fsp3) is 0. The van der Waals surface area contributed by atoms with Crippen LogP contribution in [0.5, 0.6) is 11.5 Å².